The quantitative estimate of drug-likeness (QED) is 0.382. The van der Waals surface area contributed by atoms with Crippen LogP contribution in [-0.4, -0.2) is 18.5 Å². The number of hydrogen-bond donors (Lipinski definition) is 3. The molecule has 5 heteroatoms. The summed E-state index contributed by atoms with van der Waals surface area (Å²) >= 11 is 0. The van der Waals surface area contributed by atoms with Gasteiger partial charge in [-0.25, -0.2) is 0 Å². The number of benzene rings is 2. The van der Waals surface area contributed by atoms with E-state index < -0.39 is 0 Å². The van der Waals surface area contributed by atoms with Crippen LogP contribution in [0.15, 0.2) is 52.4 Å². The molecule has 25 heavy (non-hydrogen) atoms. The Balaban J connectivity index is 1.86. The lowest BCUT2D eigenvalue weighted by atomic mass is 10.1. The molecule has 0 aliphatic rings. The Morgan fingerprint density at radius 3 is 2.48 bits per heavy atom. The van der Waals surface area contributed by atoms with Gasteiger partial charge in [-0.1, -0.05) is 75.4 Å². The maximum Gasteiger partial charge on any atom is 0.218 e. The van der Waals surface area contributed by atoms with Crippen LogP contribution in [0, 0.1) is 0 Å². The van der Waals surface area contributed by atoms with Gasteiger partial charge in [0, 0.05) is 17.6 Å². The van der Waals surface area contributed by atoms with Crippen molar-refractivity contribution in [2.45, 2.75) is 45.4 Å². The Bertz CT molecular complexity index is 716. The maximum atomic E-state index is 5.96. The molecule has 134 valence electrons. The number of fused-ring (bicyclic) bond motifs is 1. The van der Waals surface area contributed by atoms with E-state index >= 15 is 0 Å². The smallest absolute Gasteiger partial charge is 0.218 e. The lowest BCUT2D eigenvalue weighted by Crippen LogP contribution is -2.26. The van der Waals surface area contributed by atoms with Gasteiger partial charge in [-0.3, -0.25) is 4.99 Å². The SMILES string of the molecule is CCCCCCCCN=C(N)N=C(N)Nc1cccc2ccccc12. The van der Waals surface area contributed by atoms with Gasteiger partial charge < -0.3 is 16.8 Å². The molecule has 5 N–H and O–H groups in total. The first-order chi connectivity index (χ1) is 12.2. The summed E-state index contributed by atoms with van der Waals surface area (Å²) < 4.78 is 0. The molecular weight excluding hydrogens is 310 g/mol. The predicted molar refractivity (Wildman–Crippen MR) is 109 cm³/mol. The van der Waals surface area contributed by atoms with Crippen LogP contribution < -0.4 is 16.8 Å². The number of aliphatic imine (C=N–C) groups is 2. The zero-order valence-electron chi connectivity index (χ0n) is 15.0. The van der Waals surface area contributed by atoms with Crippen LogP contribution in [0.1, 0.15) is 45.4 Å². The van der Waals surface area contributed by atoms with Gasteiger partial charge in [0.1, 0.15) is 0 Å². The number of rotatable bonds is 8. The van der Waals surface area contributed by atoms with Crippen LogP contribution >= 0.6 is 0 Å². The molecule has 0 spiro atoms. The van der Waals surface area contributed by atoms with E-state index in [1.807, 2.05) is 30.3 Å². The molecule has 2 rings (SSSR count). The van der Waals surface area contributed by atoms with Crippen molar-refractivity contribution in [3.63, 3.8) is 0 Å². The van der Waals surface area contributed by atoms with Gasteiger partial charge in [-0.2, -0.15) is 4.99 Å². The molecule has 0 heterocycles. The van der Waals surface area contributed by atoms with Crippen molar-refractivity contribution in [1.82, 2.24) is 0 Å². The molecule has 0 unspecified atom stereocenters. The number of hydrogen-bond acceptors (Lipinski definition) is 1. The highest BCUT2D eigenvalue weighted by molar-refractivity contribution is 6.06. The lowest BCUT2D eigenvalue weighted by Gasteiger charge is -2.08. The number of nitrogens with zero attached hydrogens (tertiary/aromatic N) is 2. The minimum atomic E-state index is 0.221. The maximum absolute atomic E-state index is 5.96. The summed E-state index contributed by atoms with van der Waals surface area (Å²) in [6, 6.07) is 14.1. The molecule has 0 fully saturated rings. The molecule has 2 aromatic rings. The molecule has 0 saturated carbocycles. The van der Waals surface area contributed by atoms with E-state index in [9.17, 15) is 0 Å². The number of unbranched alkanes of at least 4 members (excludes halogenated alkanes) is 5. The van der Waals surface area contributed by atoms with Crippen molar-refractivity contribution in [2.24, 2.45) is 21.5 Å². The highest BCUT2D eigenvalue weighted by atomic mass is 15.2. The summed E-state index contributed by atoms with van der Waals surface area (Å²) in [7, 11) is 0. The Kier molecular flexibility index (Phi) is 7.76. The van der Waals surface area contributed by atoms with Gasteiger partial charge in [0.15, 0.2) is 0 Å². The van der Waals surface area contributed by atoms with Crippen LogP contribution in [0.3, 0.4) is 0 Å². The van der Waals surface area contributed by atoms with Crippen molar-refractivity contribution in [3.05, 3.63) is 42.5 Å². The Hall–Kier alpha value is -2.56. The molecule has 0 radical (unpaired) electrons. The summed E-state index contributed by atoms with van der Waals surface area (Å²) in [4.78, 5) is 8.41. The Morgan fingerprint density at radius 1 is 0.920 bits per heavy atom. The summed E-state index contributed by atoms with van der Waals surface area (Å²) in [6.07, 6.45) is 7.36. The van der Waals surface area contributed by atoms with E-state index in [2.05, 4.69) is 34.4 Å². The van der Waals surface area contributed by atoms with Gasteiger partial charge in [-0.05, 0) is 17.9 Å². The van der Waals surface area contributed by atoms with Crippen LogP contribution in [0.2, 0.25) is 0 Å². The second-order valence-electron chi connectivity index (χ2n) is 6.16. The fourth-order valence-electron chi connectivity index (χ4n) is 2.74. The van der Waals surface area contributed by atoms with Gasteiger partial charge in [0.25, 0.3) is 0 Å². The fourth-order valence-corrected chi connectivity index (χ4v) is 2.74. The number of anilines is 1. The van der Waals surface area contributed by atoms with E-state index in [-0.39, 0.29) is 11.9 Å². The first kappa shape index (κ1) is 18.8. The third-order valence-corrected chi connectivity index (χ3v) is 4.07. The van der Waals surface area contributed by atoms with Gasteiger partial charge in [0.2, 0.25) is 11.9 Å². The Morgan fingerprint density at radius 2 is 1.64 bits per heavy atom. The highest BCUT2D eigenvalue weighted by Crippen LogP contribution is 2.22. The average Bonchev–Trinajstić information content (AvgIpc) is 2.61. The minimum absolute atomic E-state index is 0.221. The van der Waals surface area contributed by atoms with Gasteiger partial charge >= 0.3 is 0 Å². The second kappa shape index (κ2) is 10.3. The number of nitrogens with one attached hydrogen (secondary N) is 1. The zero-order chi connectivity index (χ0) is 17.9. The van der Waals surface area contributed by atoms with Crippen LogP contribution in [0.25, 0.3) is 10.8 Å². The van der Waals surface area contributed by atoms with Crippen molar-refractivity contribution in [2.75, 3.05) is 11.9 Å². The first-order valence-corrected chi connectivity index (χ1v) is 9.09. The largest absolute Gasteiger partial charge is 0.369 e. The monoisotopic (exact) mass is 339 g/mol. The fraction of sp³-hybridized carbons (Fsp3) is 0.400. The summed E-state index contributed by atoms with van der Waals surface area (Å²) in [5.74, 6) is 0.472. The standard InChI is InChI=1S/C20H29N5/c1-2-3-4-5-6-9-15-23-19(21)25-20(22)24-18-14-10-12-16-11-7-8-13-17(16)18/h7-8,10-14H,2-6,9,15H2,1H3,(H5,21,22,23,24,25). The average molecular weight is 339 g/mol. The van der Waals surface area contributed by atoms with Gasteiger partial charge in [-0.15, -0.1) is 0 Å². The molecule has 0 amide bonds. The summed E-state index contributed by atoms with van der Waals surface area (Å²) in [5.41, 5.74) is 12.7. The molecule has 0 saturated heterocycles. The molecule has 0 bridgehead atoms. The van der Waals surface area contributed by atoms with Crippen molar-refractivity contribution in [3.8, 4) is 0 Å². The van der Waals surface area contributed by atoms with E-state index in [0.29, 0.717) is 6.54 Å². The third-order valence-electron chi connectivity index (χ3n) is 4.07. The number of guanidine groups is 2. The van der Waals surface area contributed by atoms with Gasteiger partial charge in [0.05, 0.1) is 0 Å². The molecule has 0 atom stereocenters. The lowest BCUT2D eigenvalue weighted by molar-refractivity contribution is 0.612. The van der Waals surface area contributed by atoms with E-state index in [1.165, 1.54) is 32.1 Å². The van der Waals surface area contributed by atoms with Crippen molar-refractivity contribution >= 4 is 28.4 Å². The van der Waals surface area contributed by atoms with Crippen LogP contribution in [0.5, 0.6) is 0 Å². The molecule has 0 aliphatic heterocycles. The summed E-state index contributed by atoms with van der Waals surface area (Å²) in [5, 5.41) is 5.34. The zero-order valence-corrected chi connectivity index (χ0v) is 15.0. The molecule has 2 aromatic carbocycles. The normalized spacial score (nSPS) is 12.5. The van der Waals surface area contributed by atoms with Crippen LogP contribution in [0.4, 0.5) is 5.69 Å². The molecular formula is C20H29N5. The van der Waals surface area contributed by atoms with E-state index in [4.69, 9.17) is 11.5 Å². The Labute approximate surface area is 150 Å². The second-order valence-corrected chi connectivity index (χ2v) is 6.16. The molecule has 0 aromatic heterocycles. The topological polar surface area (TPSA) is 88.8 Å². The minimum Gasteiger partial charge on any atom is -0.369 e. The van der Waals surface area contributed by atoms with Crippen molar-refractivity contribution < 1.29 is 0 Å². The van der Waals surface area contributed by atoms with E-state index in [0.717, 1.165) is 22.9 Å². The highest BCUT2D eigenvalue weighted by Gasteiger charge is 2.01. The third kappa shape index (κ3) is 6.45. The first-order valence-electron chi connectivity index (χ1n) is 9.09. The van der Waals surface area contributed by atoms with Crippen LogP contribution in [-0.2, 0) is 0 Å². The van der Waals surface area contributed by atoms with E-state index in [1.54, 1.807) is 0 Å². The molecule has 0 aliphatic carbocycles. The predicted octanol–water partition coefficient (Wildman–Crippen LogP) is 4.24. The van der Waals surface area contributed by atoms with Crippen molar-refractivity contribution in [1.29, 1.82) is 0 Å². The number of nitrogens with two attached hydrogens (primary N) is 2. The molecule has 5 nitrogen and oxygen atoms in total. The summed E-state index contributed by atoms with van der Waals surface area (Å²) in [6.45, 7) is 2.92.